The topological polar surface area (TPSA) is 52.3 Å². The molecule has 0 bridgehead atoms. The molecule has 3 nitrogen and oxygen atoms in total. The highest BCUT2D eigenvalue weighted by molar-refractivity contribution is 5.96. The van der Waals surface area contributed by atoms with Gasteiger partial charge in [0.15, 0.2) is 5.78 Å². The Kier molecular flexibility index (Phi) is 2.52. The van der Waals surface area contributed by atoms with Gasteiger partial charge in [0.25, 0.3) is 0 Å². The maximum absolute atomic E-state index is 11.4. The molecule has 1 aliphatic heterocycles. The van der Waals surface area contributed by atoms with Crippen LogP contribution in [-0.2, 0) is 9.53 Å². The molecule has 0 saturated carbocycles. The minimum absolute atomic E-state index is 0.111. The number of carbonyl (C=O) groups excluding carboxylic acids is 1. The standard InChI is InChI=1S/C9H15NO2/c1-9(2,10)5-8(11)7-3-4-12-6-7/h6H,3-5,10H2,1-2H3. The summed E-state index contributed by atoms with van der Waals surface area (Å²) < 4.78 is 4.97. The molecule has 2 N–H and O–H groups in total. The van der Waals surface area contributed by atoms with Crippen LogP contribution >= 0.6 is 0 Å². The van der Waals surface area contributed by atoms with Crippen molar-refractivity contribution in [1.82, 2.24) is 0 Å². The molecular formula is C9H15NO2. The molecule has 0 aromatic heterocycles. The van der Waals surface area contributed by atoms with Gasteiger partial charge < -0.3 is 10.5 Å². The van der Waals surface area contributed by atoms with Crippen molar-refractivity contribution in [3.05, 3.63) is 11.8 Å². The van der Waals surface area contributed by atoms with Crippen molar-refractivity contribution in [2.24, 2.45) is 5.73 Å². The number of hydrogen-bond donors (Lipinski definition) is 1. The summed E-state index contributed by atoms with van der Waals surface area (Å²) in [5.74, 6) is 0.111. The Morgan fingerprint density at radius 1 is 1.75 bits per heavy atom. The molecule has 0 unspecified atom stereocenters. The zero-order valence-electron chi connectivity index (χ0n) is 7.59. The largest absolute Gasteiger partial charge is 0.500 e. The molecule has 12 heavy (non-hydrogen) atoms. The fourth-order valence-electron chi connectivity index (χ4n) is 1.12. The van der Waals surface area contributed by atoms with E-state index in [2.05, 4.69) is 0 Å². The predicted octanol–water partition coefficient (Wildman–Crippen LogP) is 0.987. The van der Waals surface area contributed by atoms with Gasteiger partial charge in [0, 0.05) is 24.0 Å². The van der Waals surface area contributed by atoms with Gasteiger partial charge in [-0.05, 0) is 13.8 Å². The van der Waals surface area contributed by atoms with E-state index in [1.807, 2.05) is 13.8 Å². The van der Waals surface area contributed by atoms with E-state index in [4.69, 9.17) is 10.5 Å². The summed E-state index contributed by atoms with van der Waals surface area (Å²) in [5, 5.41) is 0. The minimum atomic E-state index is -0.416. The summed E-state index contributed by atoms with van der Waals surface area (Å²) in [6, 6.07) is 0. The van der Waals surface area contributed by atoms with Crippen LogP contribution in [0.1, 0.15) is 26.7 Å². The van der Waals surface area contributed by atoms with E-state index in [0.717, 1.165) is 12.0 Å². The molecule has 1 aliphatic rings. The average molecular weight is 169 g/mol. The van der Waals surface area contributed by atoms with Gasteiger partial charge in [-0.3, -0.25) is 4.79 Å². The number of hydrogen-bond acceptors (Lipinski definition) is 3. The van der Waals surface area contributed by atoms with Crippen molar-refractivity contribution in [2.45, 2.75) is 32.2 Å². The lowest BCUT2D eigenvalue weighted by Crippen LogP contribution is -2.34. The Hall–Kier alpha value is -0.830. The number of carbonyl (C=O) groups is 1. The first kappa shape index (κ1) is 9.26. The second-order valence-corrected chi connectivity index (χ2v) is 3.85. The van der Waals surface area contributed by atoms with Crippen molar-refractivity contribution in [2.75, 3.05) is 6.61 Å². The maximum Gasteiger partial charge on any atom is 0.163 e. The van der Waals surface area contributed by atoms with Crippen molar-refractivity contribution in [1.29, 1.82) is 0 Å². The van der Waals surface area contributed by atoms with Crippen LogP contribution in [0.15, 0.2) is 11.8 Å². The van der Waals surface area contributed by atoms with Gasteiger partial charge in [0.2, 0.25) is 0 Å². The molecule has 0 atom stereocenters. The average Bonchev–Trinajstić information content (AvgIpc) is 2.32. The van der Waals surface area contributed by atoms with Gasteiger partial charge in [-0.1, -0.05) is 0 Å². The molecule has 1 rings (SSSR count). The van der Waals surface area contributed by atoms with Gasteiger partial charge in [-0.15, -0.1) is 0 Å². The number of rotatable bonds is 3. The normalized spacial score (nSPS) is 17.1. The third kappa shape index (κ3) is 2.66. The van der Waals surface area contributed by atoms with Crippen molar-refractivity contribution < 1.29 is 9.53 Å². The van der Waals surface area contributed by atoms with E-state index in [-0.39, 0.29) is 5.78 Å². The predicted molar refractivity (Wildman–Crippen MR) is 46.5 cm³/mol. The van der Waals surface area contributed by atoms with Gasteiger partial charge in [0.05, 0.1) is 12.9 Å². The number of ketones is 1. The van der Waals surface area contributed by atoms with Crippen LogP contribution in [0.4, 0.5) is 0 Å². The van der Waals surface area contributed by atoms with Crippen LogP contribution < -0.4 is 5.73 Å². The van der Waals surface area contributed by atoms with Gasteiger partial charge in [0.1, 0.15) is 0 Å². The molecular weight excluding hydrogens is 154 g/mol. The Morgan fingerprint density at radius 2 is 2.42 bits per heavy atom. The fraction of sp³-hybridized carbons (Fsp3) is 0.667. The van der Waals surface area contributed by atoms with E-state index in [9.17, 15) is 4.79 Å². The number of ether oxygens (including phenoxy) is 1. The smallest absolute Gasteiger partial charge is 0.163 e. The first-order valence-corrected chi connectivity index (χ1v) is 4.12. The third-order valence-corrected chi connectivity index (χ3v) is 1.69. The Bertz CT molecular complexity index is 213. The van der Waals surface area contributed by atoms with Crippen LogP contribution in [0, 0.1) is 0 Å². The lowest BCUT2D eigenvalue weighted by Gasteiger charge is -2.16. The SMILES string of the molecule is CC(C)(N)CC(=O)C1=COCC1. The highest BCUT2D eigenvalue weighted by Crippen LogP contribution is 2.16. The summed E-state index contributed by atoms with van der Waals surface area (Å²) in [5.41, 5.74) is 6.07. The zero-order chi connectivity index (χ0) is 9.19. The number of Topliss-reactive ketones (excluding diaryl/α,β-unsaturated/α-hetero) is 1. The minimum Gasteiger partial charge on any atom is -0.500 e. The molecule has 1 heterocycles. The first-order valence-electron chi connectivity index (χ1n) is 4.12. The summed E-state index contributed by atoms with van der Waals surface area (Å²) in [7, 11) is 0. The maximum atomic E-state index is 11.4. The molecule has 0 aromatic carbocycles. The molecule has 0 fully saturated rings. The van der Waals surface area contributed by atoms with Crippen molar-refractivity contribution in [3.63, 3.8) is 0 Å². The second-order valence-electron chi connectivity index (χ2n) is 3.85. The lowest BCUT2D eigenvalue weighted by molar-refractivity contribution is -0.116. The Balaban J connectivity index is 2.49. The lowest BCUT2D eigenvalue weighted by atomic mass is 9.95. The highest BCUT2D eigenvalue weighted by Gasteiger charge is 2.21. The number of nitrogens with two attached hydrogens (primary N) is 1. The molecule has 0 spiro atoms. The fourth-order valence-corrected chi connectivity index (χ4v) is 1.12. The summed E-state index contributed by atoms with van der Waals surface area (Å²) in [6.07, 6.45) is 2.67. The molecule has 0 aromatic rings. The van der Waals surface area contributed by atoms with E-state index in [1.165, 1.54) is 0 Å². The molecule has 0 radical (unpaired) electrons. The van der Waals surface area contributed by atoms with E-state index in [1.54, 1.807) is 6.26 Å². The van der Waals surface area contributed by atoms with Crippen LogP contribution in [-0.4, -0.2) is 17.9 Å². The molecule has 68 valence electrons. The molecule has 0 amide bonds. The van der Waals surface area contributed by atoms with Crippen LogP contribution in [0.25, 0.3) is 0 Å². The monoisotopic (exact) mass is 169 g/mol. The third-order valence-electron chi connectivity index (χ3n) is 1.69. The molecule has 3 heteroatoms. The van der Waals surface area contributed by atoms with Gasteiger partial charge >= 0.3 is 0 Å². The van der Waals surface area contributed by atoms with Crippen molar-refractivity contribution in [3.8, 4) is 0 Å². The molecule has 0 aliphatic carbocycles. The van der Waals surface area contributed by atoms with E-state index >= 15 is 0 Å². The van der Waals surface area contributed by atoms with Crippen LogP contribution in [0.3, 0.4) is 0 Å². The summed E-state index contributed by atoms with van der Waals surface area (Å²) in [6.45, 7) is 4.33. The van der Waals surface area contributed by atoms with Crippen molar-refractivity contribution >= 4 is 5.78 Å². The van der Waals surface area contributed by atoms with E-state index in [0.29, 0.717) is 13.0 Å². The van der Waals surface area contributed by atoms with Gasteiger partial charge in [-0.25, -0.2) is 0 Å². The zero-order valence-corrected chi connectivity index (χ0v) is 7.59. The van der Waals surface area contributed by atoms with Crippen LogP contribution in [0.2, 0.25) is 0 Å². The highest BCUT2D eigenvalue weighted by atomic mass is 16.5. The van der Waals surface area contributed by atoms with Crippen LogP contribution in [0.5, 0.6) is 0 Å². The Morgan fingerprint density at radius 3 is 2.83 bits per heavy atom. The summed E-state index contributed by atoms with van der Waals surface area (Å²) in [4.78, 5) is 11.4. The quantitative estimate of drug-likeness (QED) is 0.685. The van der Waals surface area contributed by atoms with E-state index < -0.39 is 5.54 Å². The Labute approximate surface area is 72.6 Å². The first-order chi connectivity index (χ1) is 5.49. The summed E-state index contributed by atoms with van der Waals surface area (Å²) >= 11 is 0. The van der Waals surface area contributed by atoms with Gasteiger partial charge in [-0.2, -0.15) is 0 Å². The molecule has 0 saturated heterocycles. The second kappa shape index (κ2) is 3.27.